The van der Waals surface area contributed by atoms with Gasteiger partial charge in [-0.25, -0.2) is 15.0 Å². The van der Waals surface area contributed by atoms with E-state index in [0.29, 0.717) is 28.6 Å². The van der Waals surface area contributed by atoms with E-state index in [1.165, 1.54) is 38.5 Å². The molecular weight excluding hydrogens is 374 g/mol. The van der Waals surface area contributed by atoms with Crippen molar-refractivity contribution in [3.8, 4) is 34.3 Å². The lowest BCUT2D eigenvalue weighted by Crippen LogP contribution is -2.03. The largest absolute Gasteiger partial charge is 0.507 e. The summed E-state index contributed by atoms with van der Waals surface area (Å²) in [5.41, 5.74) is 1.13. The van der Waals surface area contributed by atoms with Crippen molar-refractivity contribution in [3.63, 3.8) is 0 Å². The summed E-state index contributed by atoms with van der Waals surface area (Å²) >= 11 is 0. The zero-order chi connectivity index (χ0) is 21.2. The van der Waals surface area contributed by atoms with Crippen LogP contribution < -0.4 is 0 Å². The summed E-state index contributed by atoms with van der Waals surface area (Å²) < 4.78 is 0. The van der Waals surface area contributed by atoms with Gasteiger partial charge in [0, 0.05) is 6.42 Å². The molecule has 2 aromatic carbocycles. The van der Waals surface area contributed by atoms with Crippen molar-refractivity contribution in [1.82, 2.24) is 15.0 Å². The molecule has 0 saturated carbocycles. The number of phenols is 2. The van der Waals surface area contributed by atoms with Crippen LogP contribution in [0.3, 0.4) is 0 Å². The van der Waals surface area contributed by atoms with E-state index < -0.39 is 0 Å². The van der Waals surface area contributed by atoms with Crippen LogP contribution in [-0.2, 0) is 6.42 Å². The summed E-state index contributed by atoms with van der Waals surface area (Å²) in [5.74, 6) is 1.80. The SMILES string of the molecule is CCCCCCCCCCc1nc(-c2ccccc2O)nc(-c2ccccc2O)n1. The molecule has 0 radical (unpaired) electrons. The molecule has 0 aliphatic rings. The fourth-order valence-electron chi connectivity index (χ4n) is 3.51. The third kappa shape index (κ3) is 6.02. The van der Waals surface area contributed by atoms with Gasteiger partial charge in [-0.3, -0.25) is 0 Å². The molecule has 158 valence electrons. The van der Waals surface area contributed by atoms with Gasteiger partial charge in [0.2, 0.25) is 0 Å². The molecule has 0 bridgehead atoms. The zero-order valence-corrected chi connectivity index (χ0v) is 17.7. The number of aromatic nitrogens is 3. The Morgan fingerprint density at radius 3 is 1.57 bits per heavy atom. The Morgan fingerprint density at radius 2 is 1.07 bits per heavy atom. The van der Waals surface area contributed by atoms with Crippen LogP contribution in [0.1, 0.15) is 64.1 Å². The Morgan fingerprint density at radius 1 is 0.600 bits per heavy atom. The molecule has 0 aliphatic carbocycles. The van der Waals surface area contributed by atoms with Gasteiger partial charge in [-0.2, -0.15) is 0 Å². The van der Waals surface area contributed by atoms with Gasteiger partial charge in [0.05, 0.1) is 11.1 Å². The predicted octanol–water partition coefficient (Wildman–Crippen LogP) is 6.30. The van der Waals surface area contributed by atoms with E-state index in [0.717, 1.165) is 19.3 Å². The average molecular weight is 406 g/mol. The van der Waals surface area contributed by atoms with Crippen LogP contribution in [0, 0.1) is 0 Å². The van der Waals surface area contributed by atoms with Gasteiger partial charge >= 0.3 is 0 Å². The molecule has 1 aromatic heterocycles. The number of phenolic OH excluding ortho intramolecular Hbond substituents is 2. The Hall–Kier alpha value is -2.95. The molecule has 5 nitrogen and oxygen atoms in total. The van der Waals surface area contributed by atoms with Crippen LogP contribution in [-0.4, -0.2) is 25.2 Å². The summed E-state index contributed by atoms with van der Waals surface area (Å²) in [6.07, 6.45) is 10.7. The van der Waals surface area contributed by atoms with Crippen molar-refractivity contribution in [2.75, 3.05) is 0 Å². The van der Waals surface area contributed by atoms with Gasteiger partial charge in [-0.05, 0) is 30.7 Å². The lowest BCUT2D eigenvalue weighted by Gasteiger charge is -2.10. The van der Waals surface area contributed by atoms with E-state index in [2.05, 4.69) is 21.9 Å². The first-order valence-electron chi connectivity index (χ1n) is 11.0. The lowest BCUT2D eigenvalue weighted by atomic mass is 10.1. The zero-order valence-electron chi connectivity index (χ0n) is 17.7. The van der Waals surface area contributed by atoms with Crippen LogP contribution in [0.4, 0.5) is 0 Å². The molecule has 0 atom stereocenters. The minimum Gasteiger partial charge on any atom is -0.507 e. The summed E-state index contributed by atoms with van der Waals surface area (Å²) in [6.45, 7) is 2.24. The highest BCUT2D eigenvalue weighted by atomic mass is 16.3. The van der Waals surface area contributed by atoms with Crippen molar-refractivity contribution < 1.29 is 10.2 Å². The van der Waals surface area contributed by atoms with Crippen molar-refractivity contribution in [3.05, 3.63) is 54.4 Å². The molecule has 2 N–H and O–H groups in total. The summed E-state index contributed by atoms with van der Waals surface area (Å²) in [5, 5.41) is 20.5. The third-order valence-electron chi connectivity index (χ3n) is 5.23. The van der Waals surface area contributed by atoms with Crippen molar-refractivity contribution in [1.29, 1.82) is 0 Å². The lowest BCUT2D eigenvalue weighted by molar-refractivity contribution is 0.476. The second-order valence-electron chi connectivity index (χ2n) is 7.66. The number of para-hydroxylation sites is 2. The first-order chi connectivity index (χ1) is 14.7. The molecule has 0 saturated heterocycles. The average Bonchev–Trinajstić information content (AvgIpc) is 2.76. The minimum absolute atomic E-state index is 0.130. The van der Waals surface area contributed by atoms with Crippen LogP contribution in [0.15, 0.2) is 48.5 Å². The maximum atomic E-state index is 10.3. The molecular formula is C25H31N3O2. The molecule has 3 aromatic rings. The Labute approximate surface area is 178 Å². The second kappa shape index (κ2) is 11.3. The molecule has 0 unspecified atom stereocenters. The number of rotatable bonds is 11. The first kappa shape index (κ1) is 21.8. The maximum absolute atomic E-state index is 10.3. The number of aromatic hydroxyl groups is 2. The Kier molecular flexibility index (Phi) is 8.19. The van der Waals surface area contributed by atoms with E-state index in [4.69, 9.17) is 0 Å². The molecule has 3 rings (SSSR count). The molecule has 0 amide bonds. The smallest absolute Gasteiger partial charge is 0.167 e. The first-order valence-corrected chi connectivity index (χ1v) is 11.0. The monoisotopic (exact) mass is 405 g/mol. The summed E-state index contributed by atoms with van der Waals surface area (Å²) in [6, 6.07) is 14.1. The van der Waals surface area contributed by atoms with Gasteiger partial charge < -0.3 is 10.2 Å². The minimum atomic E-state index is 0.130. The maximum Gasteiger partial charge on any atom is 0.167 e. The highest BCUT2D eigenvalue weighted by molar-refractivity contribution is 5.68. The van der Waals surface area contributed by atoms with Gasteiger partial charge in [0.25, 0.3) is 0 Å². The fraction of sp³-hybridized carbons (Fsp3) is 0.400. The fourth-order valence-corrected chi connectivity index (χ4v) is 3.51. The molecule has 5 heteroatoms. The highest BCUT2D eigenvalue weighted by Crippen LogP contribution is 2.30. The van der Waals surface area contributed by atoms with E-state index in [1.807, 2.05) is 12.1 Å². The van der Waals surface area contributed by atoms with Gasteiger partial charge in [-0.1, -0.05) is 76.1 Å². The Bertz CT molecular complexity index is 879. The topological polar surface area (TPSA) is 79.1 Å². The van der Waals surface area contributed by atoms with Crippen LogP contribution in [0.5, 0.6) is 11.5 Å². The number of aryl methyl sites for hydroxylation is 1. The van der Waals surface area contributed by atoms with Crippen molar-refractivity contribution in [2.24, 2.45) is 0 Å². The highest BCUT2D eigenvalue weighted by Gasteiger charge is 2.14. The Balaban J connectivity index is 1.76. The molecule has 0 fully saturated rings. The number of hydrogen-bond donors (Lipinski definition) is 2. The van der Waals surface area contributed by atoms with E-state index in [9.17, 15) is 10.2 Å². The van der Waals surface area contributed by atoms with Crippen LogP contribution in [0.25, 0.3) is 22.8 Å². The van der Waals surface area contributed by atoms with Gasteiger partial charge in [0.15, 0.2) is 11.6 Å². The number of unbranched alkanes of at least 4 members (excludes halogenated alkanes) is 7. The molecule has 30 heavy (non-hydrogen) atoms. The predicted molar refractivity (Wildman–Crippen MR) is 120 cm³/mol. The van der Waals surface area contributed by atoms with Crippen molar-refractivity contribution >= 4 is 0 Å². The quantitative estimate of drug-likeness (QED) is 0.366. The second-order valence-corrected chi connectivity index (χ2v) is 7.66. The summed E-state index contributed by atoms with van der Waals surface area (Å²) in [7, 11) is 0. The van der Waals surface area contributed by atoms with Crippen LogP contribution >= 0.6 is 0 Å². The standard InChI is InChI=1S/C25H31N3O2/c1-2-3-4-5-6-7-8-9-18-23-26-24(19-14-10-12-16-21(19)29)28-25(27-23)20-15-11-13-17-22(20)30/h10-17,29-30H,2-9,18H2,1H3. The number of hydrogen-bond acceptors (Lipinski definition) is 5. The third-order valence-corrected chi connectivity index (χ3v) is 5.23. The number of nitrogens with zero attached hydrogens (tertiary/aromatic N) is 3. The van der Waals surface area contributed by atoms with E-state index in [-0.39, 0.29) is 11.5 Å². The summed E-state index contributed by atoms with van der Waals surface area (Å²) in [4.78, 5) is 13.8. The molecule has 0 aliphatic heterocycles. The molecule has 0 spiro atoms. The van der Waals surface area contributed by atoms with Gasteiger partial charge in [-0.15, -0.1) is 0 Å². The number of benzene rings is 2. The van der Waals surface area contributed by atoms with Gasteiger partial charge in [0.1, 0.15) is 17.3 Å². The van der Waals surface area contributed by atoms with Crippen molar-refractivity contribution in [2.45, 2.75) is 64.7 Å². The van der Waals surface area contributed by atoms with Crippen LogP contribution in [0.2, 0.25) is 0 Å². The van der Waals surface area contributed by atoms with E-state index >= 15 is 0 Å². The normalized spacial score (nSPS) is 11.0. The molecule has 1 heterocycles. The van der Waals surface area contributed by atoms with E-state index in [1.54, 1.807) is 36.4 Å².